The van der Waals surface area contributed by atoms with Crippen molar-refractivity contribution in [1.82, 2.24) is 15.1 Å². The smallest absolute Gasteiger partial charge is 0.234 e. The van der Waals surface area contributed by atoms with Crippen molar-refractivity contribution in [2.45, 2.75) is 51.7 Å². The van der Waals surface area contributed by atoms with E-state index in [1.165, 1.54) is 32.7 Å². The molecule has 6 heteroatoms. The van der Waals surface area contributed by atoms with Crippen LogP contribution in [-0.2, 0) is 16.1 Å². The third kappa shape index (κ3) is 5.05. The number of benzene rings is 1. The molecule has 0 bridgehead atoms. The minimum absolute atomic E-state index is 0.0704. The van der Waals surface area contributed by atoms with Crippen LogP contribution in [0, 0.1) is 0 Å². The Balaban J connectivity index is 1.35. The Morgan fingerprint density at radius 2 is 1.88 bits per heavy atom. The van der Waals surface area contributed by atoms with E-state index in [4.69, 9.17) is 0 Å². The van der Waals surface area contributed by atoms with Crippen molar-refractivity contribution in [2.24, 2.45) is 0 Å². The average molecular weight is 358 g/mol. The molecule has 1 aromatic carbocycles. The van der Waals surface area contributed by atoms with E-state index >= 15 is 0 Å². The van der Waals surface area contributed by atoms with Crippen molar-refractivity contribution in [3.63, 3.8) is 0 Å². The number of hydrogen-bond acceptors (Lipinski definition) is 4. The van der Waals surface area contributed by atoms with Gasteiger partial charge in [0, 0.05) is 44.3 Å². The summed E-state index contributed by atoms with van der Waals surface area (Å²) in [6.45, 7) is 8.02. The fourth-order valence-electron chi connectivity index (χ4n) is 3.91. The topological polar surface area (TPSA) is 64.7 Å². The second kappa shape index (κ2) is 8.64. The number of piperidine rings is 1. The first-order valence-electron chi connectivity index (χ1n) is 9.62. The lowest BCUT2D eigenvalue weighted by molar-refractivity contribution is -0.124. The lowest BCUT2D eigenvalue weighted by Gasteiger charge is -2.49. The Morgan fingerprint density at radius 3 is 2.54 bits per heavy atom. The summed E-state index contributed by atoms with van der Waals surface area (Å²) < 4.78 is 0. The van der Waals surface area contributed by atoms with Crippen molar-refractivity contribution < 1.29 is 9.59 Å². The number of carbonyl (C=O) groups excluding carboxylic acids is 2. The third-order valence-electron chi connectivity index (χ3n) is 5.39. The van der Waals surface area contributed by atoms with Gasteiger partial charge in [-0.3, -0.25) is 19.4 Å². The molecule has 0 aliphatic carbocycles. The minimum Gasteiger partial charge on any atom is -0.351 e. The summed E-state index contributed by atoms with van der Waals surface area (Å²) >= 11 is 0. The Hall–Kier alpha value is -1.92. The maximum Gasteiger partial charge on any atom is 0.234 e. The molecule has 3 rings (SSSR count). The number of nitrogens with zero attached hydrogens (tertiary/aromatic N) is 2. The molecule has 2 heterocycles. The molecule has 1 aromatic rings. The van der Waals surface area contributed by atoms with Gasteiger partial charge in [-0.15, -0.1) is 0 Å². The van der Waals surface area contributed by atoms with Crippen molar-refractivity contribution in [3.05, 3.63) is 29.8 Å². The van der Waals surface area contributed by atoms with Gasteiger partial charge < -0.3 is 10.6 Å². The van der Waals surface area contributed by atoms with E-state index in [9.17, 15) is 9.59 Å². The number of carbonyl (C=O) groups is 2. The highest BCUT2D eigenvalue weighted by atomic mass is 16.2. The maximum atomic E-state index is 12.2. The van der Waals surface area contributed by atoms with Gasteiger partial charge >= 0.3 is 0 Å². The largest absolute Gasteiger partial charge is 0.351 e. The van der Waals surface area contributed by atoms with Gasteiger partial charge in [0.2, 0.25) is 11.8 Å². The third-order valence-corrected chi connectivity index (χ3v) is 5.39. The van der Waals surface area contributed by atoms with Gasteiger partial charge in [-0.25, -0.2) is 0 Å². The summed E-state index contributed by atoms with van der Waals surface area (Å²) in [6.07, 6.45) is 3.96. The van der Waals surface area contributed by atoms with Crippen LogP contribution in [0.3, 0.4) is 0 Å². The fraction of sp³-hybridized carbons (Fsp3) is 0.600. The standard InChI is InChI=1S/C20H30N4O2/c1-15-5-3-4-10-24(15)19-12-23(13-19)14-20(26)21-11-17-6-8-18(9-7-17)22-16(2)25/h6-9,15,19H,3-5,10-14H2,1-2H3,(H,21,26)(H,22,25)/t15-/m0/s1. The van der Waals surface area contributed by atoms with E-state index in [0.29, 0.717) is 25.2 Å². The number of nitrogens with one attached hydrogen (secondary N) is 2. The minimum atomic E-state index is -0.0853. The van der Waals surface area contributed by atoms with Gasteiger partial charge in [-0.1, -0.05) is 18.6 Å². The number of hydrogen-bond donors (Lipinski definition) is 2. The van der Waals surface area contributed by atoms with E-state index in [-0.39, 0.29) is 11.8 Å². The molecule has 2 fully saturated rings. The number of anilines is 1. The summed E-state index contributed by atoms with van der Waals surface area (Å²) in [5, 5.41) is 5.72. The summed E-state index contributed by atoms with van der Waals surface area (Å²) in [6, 6.07) is 8.85. The van der Waals surface area contributed by atoms with Crippen molar-refractivity contribution in [2.75, 3.05) is 31.5 Å². The molecule has 0 radical (unpaired) electrons. The highest BCUT2D eigenvalue weighted by molar-refractivity contribution is 5.88. The van der Waals surface area contributed by atoms with E-state index in [0.717, 1.165) is 24.3 Å². The normalized spacial score (nSPS) is 21.8. The molecule has 0 spiro atoms. The van der Waals surface area contributed by atoms with Crippen LogP contribution in [0.2, 0.25) is 0 Å². The quantitative estimate of drug-likeness (QED) is 0.814. The number of amides is 2. The molecule has 2 aliphatic heterocycles. The monoisotopic (exact) mass is 358 g/mol. The Bertz CT molecular complexity index is 625. The predicted octanol–water partition coefficient (Wildman–Crippen LogP) is 1.82. The first-order valence-corrected chi connectivity index (χ1v) is 9.62. The van der Waals surface area contributed by atoms with Crippen molar-refractivity contribution in [1.29, 1.82) is 0 Å². The highest BCUT2D eigenvalue weighted by Crippen LogP contribution is 2.24. The van der Waals surface area contributed by atoms with Gasteiger partial charge in [0.05, 0.1) is 6.54 Å². The van der Waals surface area contributed by atoms with E-state index in [1.807, 2.05) is 24.3 Å². The van der Waals surface area contributed by atoms with Crippen LogP contribution >= 0.6 is 0 Å². The van der Waals surface area contributed by atoms with Gasteiger partial charge in [-0.05, 0) is 44.0 Å². The average Bonchev–Trinajstić information content (AvgIpc) is 2.57. The lowest BCUT2D eigenvalue weighted by atomic mass is 9.97. The zero-order chi connectivity index (χ0) is 18.5. The first kappa shape index (κ1) is 18.9. The molecular formula is C20H30N4O2. The Kier molecular flexibility index (Phi) is 6.27. The van der Waals surface area contributed by atoms with Crippen LogP contribution in [0.4, 0.5) is 5.69 Å². The van der Waals surface area contributed by atoms with Gasteiger partial charge in [0.1, 0.15) is 0 Å². The number of rotatable bonds is 6. The molecule has 26 heavy (non-hydrogen) atoms. The summed E-state index contributed by atoms with van der Waals surface area (Å²) in [5.74, 6) is -0.0149. The molecule has 2 amide bonds. The van der Waals surface area contributed by atoms with E-state index in [2.05, 4.69) is 27.4 Å². The van der Waals surface area contributed by atoms with Crippen LogP contribution in [-0.4, -0.2) is 59.9 Å². The second-order valence-electron chi connectivity index (χ2n) is 7.59. The summed E-state index contributed by atoms with van der Waals surface area (Å²) in [4.78, 5) is 28.0. The molecule has 1 atom stereocenters. The predicted molar refractivity (Wildman–Crippen MR) is 103 cm³/mol. The Labute approximate surface area is 155 Å². The van der Waals surface area contributed by atoms with Crippen LogP contribution in [0.5, 0.6) is 0 Å². The molecule has 6 nitrogen and oxygen atoms in total. The zero-order valence-electron chi connectivity index (χ0n) is 15.8. The summed E-state index contributed by atoms with van der Waals surface area (Å²) in [7, 11) is 0. The molecule has 2 saturated heterocycles. The highest BCUT2D eigenvalue weighted by Gasteiger charge is 2.35. The molecule has 0 saturated carbocycles. The molecule has 0 aromatic heterocycles. The van der Waals surface area contributed by atoms with Crippen molar-refractivity contribution >= 4 is 17.5 Å². The van der Waals surface area contributed by atoms with Gasteiger partial charge in [0.25, 0.3) is 0 Å². The van der Waals surface area contributed by atoms with Gasteiger partial charge in [0.15, 0.2) is 0 Å². The number of likely N-dealkylation sites (tertiary alicyclic amines) is 2. The van der Waals surface area contributed by atoms with E-state index in [1.54, 1.807) is 0 Å². The molecule has 0 unspecified atom stereocenters. The van der Waals surface area contributed by atoms with Crippen LogP contribution in [0.15, 0.2) is 24.3 Å². The van der Waals surface area contributed by atoms with Crippen LogP contribution in [0.25, 0.3) is 0 Å². The van der Waals surface area contributed by atoms with Gasteiger partial charge in [-0.2, -0.15) is 0 Å². The van der Waals surface area contributed by atoms with E-state index < -0.39 is 0 Å². The molecular weight excluding hydrogens is 328 g/mol. The maximum absolute atomic E-state index is 12.2. The van der Waals surface area contributed by atoms with Crippen molar-refractivity contribution in [3.8, 4) is 0 Å². The SMILES string of the molecule is CC(=O)Nc1ccc(CNC(=O)CN2CC(N3CCCC[C@@H]3C)C2)cc1. The zero-order valence-corrected chi connectivity index (χ0v) is 15.8. The van der Waals surface area contributed by atoms with Crippen LogP contribution in [0.1, 0.15) is 38.7 Å². The summed E-state index contributed by atoms with van der Waals surface area (Å²) in [5.41, 5.74) is 1.79. The van der Waals surface area contributed by atoms with Crippen LogP contribution < -0.4 is 10.6 Å². The molecule has 2 N–H and O–H groups in total. The Morgan fingerprint density at radius 1 is 1.15 bits per heavy atom. The fourth-order valence-corrected chi connectivity index (χ4v) is 3.91. The lowest BCUT2D eigenvalue weighted by Crippen LogP contribution is -2.63. The molecule has 142 valence electrons. The molecule has 2 aliphatic rings. The first-order chi connectivity index (χ1) is 12.5. The second-order valence-corrected chi connectivity index (χ2v) is 7.59.